The number of methoxy groups -OCH3 is 1. The summed E-state index contributed by atoms with van der Waals surface area (Å²) in [4.78, 5) is 65.4. The lowest BCUT2D eigenvalue weighted by Gasteiger charge is -2.65. The van der Waals surface area contributed by atoms with Crippen molar-refractivity contribution in [2.75, 3.05) is 7.11 Å². The molecule has 0 amide bonds. The Morgan fingerprint density at radius 1 is 1.10 bits per heavy atom. The molecule has 3 aliphatic carbocycles. The minimum Gasteiger partial charge on any atom is -0.472 e. The monoisotopic (exact) mass is 584 g/mol. The molecule has 11 nitrogen and oxygen atoms in total. The third kappa shape index (κ3) is 4.00. The maximum atomic E-state index is 14.6. The van der Waals surface area contributed by atoms with Gasteiger partial charge in [0.25, 0.3) is 0 Å². The van der Waals surface area contributed by atoms with E-state index in [1.54, 1.807) is 26.8 Å². The van der Waals surface area contributed by atoms with Gasteiger partial charge in [-0.05, 0) is 42.0 Å². The number of furan rings is 1. The molecule has 0 aromatic carbocycles. The molecule has 2 saturated carbocycles. The number of cyclic esters (lactones) is 1. The number of aliphatic hydroxyl groups is 1. The molecule has 2 bridgehead atoms. The number of hydrogen-bond acceptors (Lipinski definition) is 11. The summed E-state index contributed by atoms with van der Waals surface area (Å²) < 4.78 is 27.3. The molecule has 1 aromatic rings. The third-order valence-corrected chi connectivity index (χ3v) is 9.96. The Morgan fingerprint density at radius 2 is 1.79 bits per heavy atom. The van der Waals surface area contributed by atoms with Gasteiger partial charge in [0.1, 0.15) is 12.2 Å². The fourth-order valence-electron chi connectivity index (χ4n) is 8.44. The van der Waals surface area contributed by atoms with Gasteiger partial charge in [-0.1, -0.05) is 27.7 Å². The number of esters is 4. The van der Waals surface area contributed by atoms with Crippen molar-refractivity contribution >= 4 is 29.7 Å². The van der Waals surface area contributed by atoms with Crippen LogP contribution in [0.2, 0.25) is 0 Å². The predicted octanol–water partition coefficient (Wildman–Crippen LogP) is 3.16. The van der Waals surface area contributed by atoms with E-state index >= 15 is 0 Å². The molecule has 2 heterocycles. The summed E-state index contributed by atoms with van der Waals surface area (Å²) in [6, 6.07) is 1.72. The summed E-state index contributed by atoms with van der Waals surface area (Å²) >= 11 is 0. The van der Waals surface area contributed by atoms with Gasteiger partial charge in [0.2, 0.25) is 6.10 Å². The minimum atomic E-state index is -2.32. The van der Waals surface area contributed by atoms with Crippen LogP contribution in [0.3, 0.4) is 0 Å². The Labute approximate surface area is 243 Å². The normalized spacial score (nSPS) is 37.1. The zero-order chi connectivity index (χ0) is 31.0. The van der Waals surface area contributed by atoms with Gasteiger partial charge in [-0.2, -0.15) is 0 Å². The van der Waals surface area contributed by atoms with Crippen molar-refractivity contribution in [2.45, 2.75) is 78.3 Å². The van der Waals surface area contributed by atoms with Crippen LogP contribution in [0.5, 0.6) is 0 Å². The van der Waals surface area contributed by atoms with Crippen LogP contribution >= 0.6 is 0 Å². The van der Waals surface area contributed by atoms with E-state index in [4.69, 9.17) is 23.4 Å². The molecule has 4 aliphatic rings. The van der Waals surface area contributed by atoms with Crippen LogP contribution in [0.25, 0.3) is 0 Å². The molecule has 2 fully saturated rings. The lowest BCUT2D eigenvalue weighted by molar-refractivity contribution is -0.235. The molecule has 0 spiro atoms. The summed E-state index contributed by atoms with van der Waals surface area (Å²) in [6.45, 7) is 9.22. The van der Waals surface area contributed by atoms with Crippen LogP contribution in [-0.2, 0) is 42.9 Å². The maximum Gasteiger partial charge on any atom is 0.347 e. The van der Waals surface area contributed by atoms with Gasteiger partial charge in [-0.15, -0.1) is 0 Å². The minimum absolute atomic E-state index is 0.405. The fourth-order valence-corrected chi connectivity index (χ4v) is 8.44. The Kier molecular flexibility index (Phi) is 6.84. The fraction of sp³-hybridized carbons (Fsp3) is 0.581. The summed E-state index contributed by atoms with van der Waals surface area (Å²) in [7, 11) is 1.14. The Hall–Kier alpha value is -3.73. The molecule has 42 heavy (non-hydrogen) atoms. The molecule has 0 unspecified atom stereocenters. The molecule has 8 atom stereocenters. The lowest BCUT2D eigenvalue weighted by atomic mass is 9.40. The van der Waals surface area contributed by atoms with Gasteiger partial charge in [0.15, 0.2) is 11.4 Å². The van der Waals surface area contributed by atoms with Gasteiger partial charge < -0.3 is 28.5 Å². The average Bonchev–Trinajstić information content (AvgIpc) is 3.43. The van der Waals surface area contributed by atoms with Crippen molar-refractivity contribution in [1.29, 1.82) is 0 Å². The first-order chi connectivity index (χ1) is 19.5. The Bertz CT molecular complexity index is 1420. The van der Waals surface area contributed by atoms with Crippen molar-refractivity contribution in [1.82, 2.24) is 0 Å². The standard InChI is InChI=1S/C31H36O11/c1-15(32)40-22(25(35)38-7)23-28(3,4)27(41-16(2)33)31(37)13-18-19(30(23,6)26(31)36)8-10-29(5)20(18)12-21(34)42-24(29)17-9-11-39-14-17/h9,11-14,19,22-24,27,37H,8,10H2,1-7H3/t19-,22-,23-,24-,27-,29+,30+,31-/m0/s1. The van der Waals surface area contributed by atoms with Crippen LogP contribution in [-0.4, -0.2) is 59.7 Å². The number of carbonyl (C=O) groups excluding carboxylic acids is 5. The van der Waals surface area contributed by atoms with E-state index in [0.29, 0.717) is 29.6 Å². The molecule has 11 heteroatoms. The number of ketones is 1. The second-order valence-electron chi connectivity index (χ2n) is 12.8. The first kappa shape index (κ1) is 29.8. The average molecular weight is 585 g/mol. The van der Waals surface area contributed by atoms with Crippen molar-refractivity contribution in [3.63, 3.8) is 0 Å². The third-order valence-electron chi connectivity index (χ3n) is 9.96. The largest absolute Gasteiger partial charge is 0.472 e. The summed E-state index contributed by atoms with van der Waals surface area (Å²) in [5.41, 5.74) is -4.16. The van der Waals surface area contributed by atoms with Gasteiger partial charge in [-0.3, -0.25) is 14.4 Å². The van der Waals surface area contributed by atoms with Crippen LogP contribution in [0, 0.1) is 28.1 Å². The molecule has 1 aromatic heterocycles. The summed E-state index contributed by atoms with van der Waals surface area (Å²) in [5.74, 6) is -5.40. The summed E-state index contributed by atoms with van der Waals surface area (Å²) in [5, 5.41) is 12.3. The molecular weight excluding hydrogens is 548 g/mol. The van der Waals surface area contributed by atoms with Crippen molar-refractivity contribution in [2.24, 2.45) is 28.1 Å². The molecular formula is C31H36O11. The van der Waals surface area contributed by atoms with Gasteiger partial charge in [0.05, 0.1) is 19.6 Å². The number of fused-ring (bicyclic) bond motifs is 6. The number of hydrogen-bond donors (Lipinski definition) is 1. The molecule has 5 rings (SSSR count). The van der Waals surface area contributed by atoms with Crippen LogP contribution in [0.1, 0.15) is 66.1 Å². The first-order valence-electron chi connectivity index (χ1n) is 13.9. The van der Waals surface area contributed by atoms with Crippen molar-refractivity contribution < 1.29 is 52.4 Å². The predicted molar refractivity (Wildman–Crippen MR) is 143 cm³/mol. The topological polar surface area (TPSA) is 156 Å². The molecule has 0 radical (unpaired) electrons. The van der Waals surface area contributed by atoms with Crippen LogP contribution < -0.4 is 0 Å². The van der Waals surface area contributed by atoms with E-state index < -0.39 is 81.7 Å². The summed E-state index contributed by atoms with van der Waals surface area (Å²) in [6.07, 6.45) is 2.93. The highest BCUT2D eigenvalue weighted by molar-refractivity contribution is 6.00. The van der Waals surface area contributed by atoms with Crippen LogP contribution in [0.15, 0.2) is 46.3 Å². The quantitative estimate of drug-likeness (QED) is 0.401. The maximum absolute atomic E-state index is 14.6. The second-order valence-corrected chi connectivity index (χ2v) is 12.8. The van der Waals surface area contributed by atoms with E-state index in [-0.39, 0.29) is 0 Å². The molecule has 1 N–H and O–H groups in total. The number of allylic oxidation sites excluding steroid dienone is 1. The van der Waals surface area contributed by atoms with Crippen molar-refractivity contribution in [3.8, 4) is 0 Å². The van der Waals surface area contributed by atoms with E-state index in [9.17, 15) is 29.1 Å². The molecule has 226 valence electrons. The van der Waals surface area contributed by atoms with E-state index in [0.717, 1.165) is 21.0 Å². The highest BCUT2D eigenvalue weighted by Crippen LogP contribution is 2.68. The smallest absolute Gasteiger partial charge is 0.347 e. The SMILES string of the molecule is COC(=O)[C@@H](OC(C)=O)[C@H]1C(C)(C)[C@H](OC(C)=O)[C@]2(O)C=C3C4=CC(=O)O[C@@H](c5ccoc5)[C@]4(C)CC[C@@H]3[C@@]1(C)C2=O. The Balaban J connectivity index is 1.78. The molecule has 0 saturated heterocycles. The van der Waals surface area contributed by atoms with E-state index in [2.05, 4.69) is 0 Å². The number of ether oxygens (including phenoxy) is 4. The van der Waals surface area contributed by atoms with Crippen molar-refractivity contribution in [3.05, 3.63) is 47.5 Å². The second kappa shape index (κ2) is 9.65. The highest BCUT2D eigenvalue weighted by atomic mass is 16.6. The zero-order valence-electron chi connectivity index (χ0n) is 24.7. The molecule has 1 aliphatic heterocycles. The Morgan fingerprint density at radius 3 is 2.36 bits per heavy atom. The lowest BCUT2D eigenvalue weighted by Crippen LogP contribution is -2.75. The van der Waals surface area contributed by atoms with Gasteiger partial charge >= 0.3 is 23.9 Å². The van der Waals surface area contributed by atoms with Gasteiger partial charge in [0, 0.05) is 47.6 Å². The van der Waals surface area contributed by atoms with E-state index in [1.807, 2.05) is 6.92 Å². The number of carbonyl (C=O) groups is 5. The number of rotatable bonds is 5. The first-order valence-corrected chi connectivity index (χ1v) is 13.9. The highest BCUT2D eigenvalue weighted by Gasteiger charge is 2.75. The number of Topliss-reactive ketones (excluding diaryl/α,β-unsaturated/α-hetero) is 1. The van der Waals surface area contributed by atoms with Crippen LogP contribution in [0.4, 0.5) is 0 Å². The van der Waals surface area contributed by atoms with Gasteiger partial charge in [-0.25, -0.2) is 9.59 Å². The zero-order valence-corrected chi connectivity index (χ0v) is 24.7. The van der Waals surface area contributed by atoms with E-state index in [1.165, 1.54) is 24.7 Å².